The lowest BCUT2D eigenvalue weighted by Gasteiger charge is -2.17. The fourth-order valence-electron chi connectivity index (χ4n) is 16.7. The summed E-state index contributed by atoms with van der Waals surface area (Å²) in [4.78, 5) is 50.8. The normalized spacial score (nSPS) is 20.1. The first-order valence-corrected chi connectivity index (χ1v) is 51.4. The van der Waals surface area contributed by atoms with Crippen LogP contribution in [0.4, 0.5) is 0 Å². The molecule has 4 atom stereocenters. The number of nitrogens with zero attached hydrogens (tertiary/aromatic N) is 14. The molecule has 4 unspecified atom stereocenters. The molecule has 6 saturated carbocycles. The van der Waals surface area contributed by atoms with Crippen molar-refractivity contribution < 1.29 is 71.1 Å². The standard InChI is InChI=1S/2C29H39ClN6O4S.C19H21ClN6O4S.C11H22O3S/c1-20-23(19-35(32-20)15-5-6-21-9-11-28(2,3)18-21)41(38,39)34-27(37)22-7-8-24(31-26(22)30)36-16-10-25(33-36)40-17-14-29(4)12-13-29;1-20-23(19-31-35(20)15-5-6-21-9-11-28(2,3)18-21)41(38,39)34-27(37)22-7-8-24(32-26(22)30)36-16-10-25(33-36)40-17-14-29(4)12-13-29;1-12-14(11-21-23-12)31(28,29)25-18(27)13-3-4-15(22-17(13)20)26-9-5-16(24-26)30-10-8-19(2)6-7-19;1-11(2)7-6-10(9-11)5-4-8-14-15(3,12)13/h7-8,10,16,19,21,23H,5-6,9,11-15,17-18H2,1-4H3;7-8,10,16,19,21H,5-6,9,11-15,17-18H2,1-4H3,(H,34,37);3-5,9,11H,6-8,10H2,1-2H3,(H,21,23)(H,25,27);10H,4-9H2,1-3H3/p+1. The van der Waals surface area contributed by atoms with Crippen LogP contribution < -0.4 is 28.4 Å². The zero-order valence-corrected chi connectivity index (χ0v) is 80.9. The van der Waals surface area contributed by atoms with Crippen LogP contribution in [0.5, 0.6) is 17.6 Å². The SMILES string of the molecule is CC1(C)CCC(CCCOS(C)(=O)=O)C1.CC1=N[N+](CCCC2CCC(C)(C)C2)=CC1S(=O)(=O)NC(=O)c1ccc(-n2ccc(OCCC3(C)CC3)n2)nc1Cl.Cc1[nH]ncc1S(=O)(=O)NC(=O)c1ccc(-n2ccc(OCCC3(C)CC3)n2)nc1Cl.Cc1c(S(=O)(=O)NC(=O)c2ccc(-n3ccc(OCCC4(C)CC4)n3)nc2Cl)cnn1CCCC1CCC(C)(C)C1. The summed E-state index contributed by atoms with van der Waals surface area (Å²) in [6.07, 6.45) is 37.8. The number of ether oxygens (including phenoxy) is 3. The molecule has 6 aliphatic carbocycles. The number of amides is 3. The van der Waals surface area contributed by atoms with Crippen LogP contribution in [0.25, 0.3) is 17.5 Å². The Morgan fingerprint density at radius 1 is 0.500 bits per heavy atom. The predicted octanol–water partition coefficient (Wildman–Crippen LogP) is 15.9. The minimum Gasteiger partial charge on any atom is -0.477 e. The van der Waals surface area contributed by atoms with Crippen molar-refractivity contribution in [3.05, 3.63) is 129 Å². The summed E-state index contributed by atoms with van der Waals surface area (Å²) >= 11 is 18.8. The molecule has 0 spiro atoms. The van der Waals surface area contributed by atoms with Gasteiger partial charge in [-0.2, -0.15) is 18.6 Å². The minimum absolute atomic E-state index is 0.0340. The Kier molecular flexibility index (Phi) is 31.2. The number of hydrogen-bond acceptors (Lipinski definition) is 24. The Morgan fingerprint density at radius 2 is 0.891 bits per heavy atom. The van der Waals surface area contributed by atoms with Crippen molar-refractivity contribution in [3.8, 4) is 35.1 Å². The van der Waals surface area contributed by atoms with E-state index in [2.05, 4.69) is 122 Å². The first-order valence-electron chi connectivity index (χ1n) is 43.9. The van der Waals surface area contributed by atoms with E-state index in [0.29, 0.717) is 136 Å². The fraction of sp³-hybridized carbons (Fsp3) is 0.602. The molecule has 7 aliphatic rings. The van der Waals surface area contributed by atoms with E-state index in [-0.39, 0.29) is 41.9 Å². The van der Waals surface area contributed by atoms with Crippen molar-refractivity contribution in [2.75, 3.05) is 39.2 Å². The summed E-state index contributed by atoms with van der Waals surface area (Å²) in [5, 5.41) is 26.4. The lowest BCUT2D eigenvalue weighted by Crippen LogP contribution is -2.42. The summed E-state index contributed by atoms with van der Waals surface area (Å²) in [5.41, 5.74) is 3.51. The van der Waals surface area contributed by atoms with Gasteiger partial charge in [0, 0.05) is 49.8 Å². The van der Waals surface area contributed by atoms with E-state index in [1.165, 1.54) is 148 Å². The number of nitrogens with one attached hydrogen (secondary N) is 4. The average molecular weight is 1910 g/mol. The lowest BCUT2D eigenvalue weighted by molar-refractivity contribution is -0.526. The van der Waals surface area contributed by atoms with Crippen LogP contribution in [-0.2, 0) is 50.9 Å². The molecule has 1 aliphatic heterocycles. The molecule has 15 rings (SSSR count). The van der Waals surface area contributed by atoms with Crippen LogP contribution in [0.3, 0.4) is 0 Å². The molecule has 0 radical (unpaired) electrons. The second-order valence-corrected chi connectivity index (χ2v) is 46.6. The van der Waals surface area contributed by atoms with Gasteiger partial charge in [0.1, 0.15) is 31.0 Å². The van der Waals surface area contributed by atoms with Crippen LogP contribution in [0.2, 0.25) is 15.5 Å². The number of aromatic nitrogens is 13. The van der Waals surface area contributed by atoms with Crippen LogP contribution in [0.1, 0.15) is 266 Å². The Bertz CT molecular complexity index is 5850. The first kappa shape index (κ1) is 98.3. The van der Waals surface area contributed by atoms with Crippen LogP contribution in [0, 0.1) is 64.1 Å². The Labute approximate surface area is 766 Å². The van der Waals surface area contributed by atoms with Gasteiger partial charge in [-0.05, 0) is 260 Å². The summed E-state index contributed by atoms with van der Waals surface area (Å²) in [5.74, 6) is 2.08. The van der Waals surface area contributed by atoms with E-state index < -0.39 is 63.2 Å². The van der Waals surface area contributed by atoms with E-state index in [9.17, 15) is 48.1 Å². The highest BCUT2D eigenvalue weighted by molar-refractivity contribution is 7.92. The van der Waals surface area contributed by atoms with Crippen LogP contribution in [-0.4, -0.2) is 177 Å². The van der Waals surface area contributed by atoms with Gasteiger partial charge < -0.3 is 14.2 Å². The van der Waals surface area contributed by atoms with Crippen molar-refractivity contribution >= 4 is 105 Å². The third-order valence-corrected chi connectivity index (χ3v) is 31.4. The van der Waals surface area contributed by atoms with E-state index in [1.807, 2.05) is 4.72 Å². The van der Waals surface area contributed by atoms with E-state index in [1.54, 1.807) is 78.4 Å². The molecule has 0 bridgehead atoms. The zero-order valence-electron chi connectivity index (χ0n) is 75.3. The smallest absolute Gasteiger partial charge is 0.268 e. The average Bonchev–Trinajstić information content (AvgIpc) is 1.61. The molecule has 40 heteroatoms. The van der Waals surface area contributed by atoms with E-state index in [0.717, 1.165) is 76.2 Å². The molecule has 128 heavy (non-hydrogen) atoms. The van der Waals surface area contributed by atoms with E-state index >= 15 is 0 Å². The Hall–Kier alpha value is -8.72. The quantitative estimate of drug-likeness (QED) is 0.0122. The van der Waals surface area contributed by atoms with Gasteiger partial charge in [-0.25, -0.2) is 68.4 Å². The molecule has 4 N–H and O–H groups in total. The highest BCUT2D eigenvalue weighted by atomic mass is 35.5. The molecule has 698 valence electrons. The number of halogens is 3. The maximum absolute atomic E-state index is 13.1. The van der Waals surface area contributed by atoms with Gasteiger partial charge in [-0.1, -0.05) is 102 Å². The number of sulfonamides is 3. The van der Waals surface area contributed by atoms with Gasteiger partial charge in [-0.15, -0.1) is 15.3 Å². The second kappa shape index (κ2) is 40.6. The number of aromatic amines is 1. The molecule has 9 heterocycles. The highest BCUT2D eigenvalue weighted by Crippen LogP contribution is 2.50. The third kappa shape index (κ3) is 27.9. The van der Waals surface area contributed by atoms with Crippen molar-refractivity contribution in [3.63, 3.8) is 0 Å². The molecule has 3 amide bonds. The maximum atomic E-state index is 13.1. The molecule has 8 aromatic rings. The second-order valence-electron chi connectivity index (χ2n) is 38.8. The number of hydrazone groups is 1. The number of aryl methyl sites for hydroxylation is 2. The number of rotatable bonds is 37. The number of carbonyl (C=O) groups excluding carboxylic acids is 3. The van der Waals surface area contributed by atoms with Gasteiger partial charge in [0.2, 0.25) is 22.9 Å². The van der Waals surface area contributed by atoms with Crippen LogP contribution in [0.15, 0.2) is 100 Å². The first-order chi connectivity index (χ1) is 60.1. The topological polar surface area (TPSA) is 415 Å². The molecule has 0 aromatic carbocycles. The van der Waals surface area contributed by atoms with Gasteiger partial charge in [-0.3, -0.25) is 28.3 Å². The minimum atomic E-state index is -4.17. The molecule has 8 aromatic heterocycles. The van der Waals surface area contributed by atoms with Crippen molar-refractivity contribution in [1.82, 2.24) is 78.4 Å². The van der Waals surface area contributed by atoms with Crippen molar-refractivity contribution in [2.24, 2.45) is 55.3 Å². The monoisotopic (exact) mass is 1900 g/mol. The van der Waals surface area contributed by atoms with Crippen molar-refractivity contribution in [2.45, 2.75) is 259 Å². The fourth-order valence-corrected chi connectivity index (χ4v) is 21.3. The number of pyridine rings is 3. The zero-order chi connectivity index (χ0) is 92.6. The summed E-state index contributed by atoms with van der Waals surface area (Å²) in [6, 6.07) is 14.0. The van der Waals surface area contributed by atoms with Crippen molar-refractivity contribution in [1.29, 1.82) is 0 Å². The summed E-state index contributed by atoms with van der Waals surface area (Å²) < 4.78 is 134. The highest BCUT2D eigenvalue weighted by Gasteiger charge is 2.42. The maximum Gasteiger partial charge on any atom is 0.268 e. The van der Waals surface area contributed by atoms with Gasteiger partial charge >= 0.3 is 0 Å². The van der Waals surface area contributed by atoms with E-state index in [4.69, 9.17) is 53.2 Å². The predicted molar refractivity (Wildman–Crippen MR) is 487 cm³/mol. The summed E-state index contributed by atoms with van der Waals surface area (Å²) in [7, 11) is -15.6. The molecule has 0 saturated heterocycles. The number of H-pyrrole nitrogens is 1. The van der Waals surface area contributed by atoms with Crippen LogP contribution >= 0.6 is 34.8 Å². The molecule has 33 nitrogen and oxygen atoms in total. The lowest BCUT2D eigenvalue weighted by atomic mass is 9.89. The molecular formula is C88H122Cl3N18O15S4+. The summed E-state index contributed by atoms with van der Waals surface area (Å²) in [6.45, 7) is 28.9. The van der Waals surface area contributed by atoms with Gasteiger partial charge in [0.25, 0.3) is 57.9 Å². The molecule has 6 fully saturated rings. The number of carbonyl (C=O) groups is 3. The van der Waals surface area contributed by atoms with Gasteiger partial charge in [0.15, 0.2) is 30.2 Å². The Balaban J connectivity index is 0.000000162. The number of hydrogen-bond donors (Lipinski definition) is 4. The Morgan fingerprint density at radius 3 is 1.26 bits per heavy atom. The largest absolute Gasteiger partial charge is 0.477 e. The van der Waals surface area contributed by atoms with Gasteiger partial charge in [0.05, 0.1) is 73.2 Å². The molecular weight excluding hydrogens is 1780 g/mol. The third-order valence-electron chi connectivity index (χ3n) is 25.5.